The average Bonchev–Trinajstić information content (AvgIpc) is 2.30. The van der Waals surface area contributed by atoms with E-state index >= 15 is 0 Å². The molecule has 2 N–H and O–H groups in total. The lowest BCUT2D eigenvalue weighted by Crippen LogP contribution is -2.12. The van der Waals surface area contributed by atoms with E-state index in [4.69, 9.17) is 5.73 Å². The number of carbonyl (C=O) groups excluding carboxylic acids is 1. The van der Waals surface area contributed by atoms with Crippen LogP contribution >= 0.6 is 0 Å². The van der Waals surface area contributed by atoms with Crippen molar-refractivity contribution in [3.05, 3.63) is 58.5 Å². The fourth-order valence-electron chi connectivity index (χ4n) is 1.66. The minimum atomic E-state index is -1.27. The van der Waals surface area contributed by atoms with E-state index in [0.29, 0.717) is 17.7 Å². The van der Waals surface area contributed by atoms with E-state index in [0.717, 1.165) is 0 Å². The van der Waals surface area contributed by atoms with Crippen LogP contribution in [0.2, 0.25) is 0 Å². The maximum Gasteiger partial charge on any atom is 0.202 e. The number of ketones is 1. The van der Waals surface area contributed by atoms with E-state index in [1.54, 1.807) is 6.92 Å². The highest BCUT2D eigenvalue weighted by molar-refractivity contribution is 6.12. The van der Waals surface area contributed by atoms with Gasteiger partial charge >= 0.3 is 0 Å². The molecule has 2 rings (SSSR count). The summed E-state index contributed by atoms with van der Waals surface area (Å²) in [7, 11) is 0. The Labute approximate surface area is 106 Å². The first-order valence-electron chi connectivity index (χ1n) is 5.31. The standard InChI is InChI=1S/C13H9F3N2O/c1-6-2-8(13(17)18-5-6)12(19)11-9(15)3-7(14)4-10(11)16/h2-5H,1H3,(H2,17,18). The zero-order valence-corrected chi connectivity index (χ0v) is 9.88. The Bertz CT molecular complexity index is 648. The summed E-state index contributed by atoms with van der Waals surface area (Å²) in [5.41, 5.74) is 5.15. The molecule has 98 valence electrons. The third-order valence-electron chi connectivity index (χ3n) is 2.53. The van der Waals surface area contributed by atoms with Gasteiger partial charge in [0.25, 0.3) is 0 Å². The Morgan fingerprint density at radius 1 is 1.16 bits per heavy atom. The number of halogens is 3. The molecule has 0 saturated heterocycles. The van der Waals surface area contributed by atoms with Gasteiger partial charge in [-0.1, -0.05) is 0 Å². The predicted octanol–water partition coefficient (Wildman–Crippen LogP) is 2.62. The van der Waals surface area contributed by atoms with Gasteiger partial charge < -0.3 is 5.73 Å². The van der Waals surface area contributed by atoms with Crippen LogP contribution in [0.5, 0.6) is 0 Å². The molecule has 0 bridgehead atoms. The second-order valence-corrected chi connectivity index (χ2v) is 4.02. The van der Waals surface area contributed by atoms with Gasteiger partial charge in [0.05, 0.1) is 11.1 Å². The number of nitrogens with zero attached hydrogens (tertiary/aromatic N) is 1. The number of carbonyl (C=O) groups is 1. The lowest BCUT2D eigenvalue weighted by molar-refractivity contribution is 0.103. The summed E-state index contributed by atoms with van der Waals surface area (Å²) in [6, 6.07) is 2.25. The van der Waals surface area contributed by atoms with Gasteiger partial charge in [-0.25, -0.2) is 18.2 Å². The third kappa shape index (κ3) is 2.42. The van der Waals surface area contributed by atoms with Crippen molar-refractivity contribution in [2.45, 2.75) is 6.92 Å². The van der Waals surface area contributed by atoms with E-state index in [1.165, 1.54) is 12.3 Å². The molecule has 0 unspecified atom stereocenters. The van der Waals surface area contributed by atoms with Crippen molar-refractivity contribution in [3.8, 4) is 0 Å². The van der Waals surface area contributed by atoms with E-state index < -0.39 is 28.8 Å². The molecule has 0 radical (unpaired) electrons. The van der Waals surface area contributed by atoms with Crippen LogP contribution in [0.15, 0.2) is 24.4 Å². The first-order chi connectivity index (χ1) is 8.90. The number of benzene rings is 1. The minimum absolute atomic E-state index is 0.121. The first kappa shape index (κ1) is 13.1. The molecule has 1 aromatic carbocycles. The van der Waals surface area contributed by atoms with Crippen LogP contribution in [0.3, 0.4) is 0 Å². The van der Waals surface area contributed by atoms with Crippen molar-refractivity contribution in [1.82, 2.24) is 4.98 Å². The first-order valence-corrected chi connectivity index (χ1v) is 5.31. The number of nitrogens with two attached hydrogens (primary N) is 1. The summed E-state index contributed by atoms with van der Waals surface area (Å²) >= 11 is 0. The Kier molecular flexibility index (Phi) is 3.25. The van der Waals surface area contributed by atoms with Crippen LogP contribution < -0.4 is 5.73 Å². The smallest absolute Gasteiger partial charge is 0.202 e. The summed E-state index contributed by atoms with van der Waals surface area (Å²) in [5.74, 6) is -4.75. The molecule has 3 nitrogen and oxygen atoms in total. The van der Waals surface area contributed by atoms with Crippen molar-refractivity contribution in [1.29, 1.82) is 0 Å². The summed E-state index contributed by atoms with van der Waals surface area (Å²) in [5, 5.41) is 0. The second kappa shape index (κ2) is 4.72. The molecule has 0 saturated carbocycles. The highest BCUT2D eigenvalue weighted by Crippen LogP contribution is 2.21. The topological polar surface area (TPSA) is 56.0 Å². The number of hydrogen-bond acceptors (Lipinski definition) is 3. The molecule has 1 heterocycles. The number of rotatable bonds is 2. The quantitative estimate of drug-likeness (QED) is 0.850. The van der Waals surface area contributed by atoms with Gasteiger partial charge in [0.15, 0.2) is 0 Å². The molecular formula is C13H9F3N2O. The monoisotopic (exact) mass is 266 g/mol. The summed E-state index contributed by atoms with van der Waals surface area (Å²) in [4.78, 5) is 15.8. The molecule has 0 aliphatic rings. The number of hydrogen-bond donors (Lipinski definition) is 1. The van der Waals surface area contributed by atoms with E-state index in [1.807, 2.05) is 0 Å². The summed E-state index contributed by atoms with van der Waals surface area (Å²) < 4.78 is 39.8. The van der Waals surface area contributed by atoms with Crippen molar-refractivity contribution in [2.24, 2.45) is 0 Å². The minimum Gasteiger partial charge on any atom is -0.383 e. The van der Waals surface area contributed by atoms with E-state index in [-0.39, 0.29) is 11.4 Å². The Morgan fingerprint density at radius 2 is 1.74 bits per heavy atom. The maximum atomic E-state index is 13.5. The molecule has 1 aromatic heterocycles. The molecule has 0 aliphatic heterocycles. The Balaban J connectivity index is 2.59. The van der Waals surface area contributed by atoms with E-state index in [2.05, 4.69) is 4.98 Å². The largest absolute Gasteiger partial charge is 0.383 e. The van der Waals surface area contributed by atoms with Gasteiger partial charge in [0.2, 0.25) is 5.78 Å². The van der Waals surface area contributed by atoms with Gasteiger partial charge in [-0.3, -0.25) is 4.79 Å². The molecule has 0 atom stereocenters. The van der Waals surface area contributed by atoms with Gasteiger partial charge in [-0.05, 0) is 18.6 Å². The van der Waals surface area contributed by atoms with Gasteiger partial charge in [0, 0.05) is 18.3 Å². The van der Waals surface area contributed by atoms with Gasteiger partial charge in [-0.15, -0.1) is 0 Å². The van der Waals surface area contributed by atoms with Crippen molar-refractivity contribution in [2.75, 3.05) is 5.73 Å². The van der Waals surface area contributed by atoms with Crippen LogP contribution in [0.1, 0.15) is 21.5 Å². The molecule has 0 aliphatic carbocycles. The summed E-state index contributed by atoms with van der Waals surface area (Å²) in [6.45, 7) is 1.65. The highest BCUT2D eigenvalue weighted by Gasteiger charge is 2.22. The fraction of sp³-hybridized carbons (Fsp3) is 0.0769. The molecule has 2 aromatic rings. The SMILES string of the molecule is Cc1cnc(N)c(C(=O)c2c(F)cc(F)cc2F)c1. The molecule has 0 fully saturated rings. The molecule has 6 heteroatoms. The fourth-order valence-corrected chi connectivity index (χ4v) is 1.66. The number of anilines is 1. The Morgan fingerprint density at radius 3 is 2.32 bits per heavy atom. The maximum absolute atomic E-state index is 13.5. The molecule has 0 amide bonds. The number of aromatic nitrogens is 1. The number of aryl methyl sites for hydroxylation is 1. The number of pyridine rings is 1. The second-order valence-electron chi connectivity index (χ2n) is 4.02. The normalized spacial score (nSPS) is 10.5. The van der Waals surface area contributed by atoms with Crippen LogP contribution in [-0.4, -0.2) is 10.8 Å². The van der Waals surface area contributed by atoms with Crippen LogP contribution in [0, 0.1) is 24.4 Å². The van der Waals surface area contributed by atoms with Crippen molar-refractivity contribution < 1.29 is 18.0 Å². The Hall–Kier alpha value is -2.37. The van der Waals surface area contributed by atoms with Crippen LogP contribution in [0.25, 0.3) is 0 Å². The molecule has 0 spiro atoms. The predicted molar refractivity (Wildman–Crippen MR) is 63.1 cm³/mol. The van der Waals surface area contributed by atoms with Gasteiger partial charge in [-0.2, -0.15) is 0 Å². The summed E-state index contributed by atoms with van der Waals surface area (Å²) in [6.07, 6.45) is 1.42. The van der Waals surface area contributed by atoms with Crippen LogP contribution in [-0.2, 0) is 0 Å². The average molecular weight is 266 g/mol. The lowest BCUT2D eigenvalue weighted by atomic mass is 10.0. The lowest BCUT2D eigenvalue weighted by Gasteiger charge is -2.07. The zero-order valence-electron chi connectivity index (χ0n) is 9.88. The molecular weight excluding hydrogens is 257 g/mol. The highest BCUT2D eigenvalue weighted by atomic mass is 19.1. The zero-order chi connectivity index (χ0) is 14.2. The van der Waals surface area contributed by atoms with Crippen molar-refractivity contribution >= 4 is 11.6 Å². The van der Waals surface area contributed by atoms with Crippen molar-refractivity contribution in [3.63, 3.8) is 0 Å². The van der Waals surface area contributed by atoms with Gasteiger partial charge in [0.1, 0.15) is 23.3 Å². The van der Waals surface area contributed by atoms with E-state index in [9.17, 15) is 18.0 Å². The third-order valence-corrected chi connectivity index (χ3v) is 2.53. The number of nitrogen functional groups attached to an aromatic ring is 1. The van der Waals surface area contributed by atoms with Crippen LogP contribution in [0.4, 0.5) is 19.0 Å². The molecule has 19 heavy (non-hydrogen) atoms.